The van der Waals surface area contributed by atoms with Crippen LogP contribution in [-0.2, 0) is 25.6 Å². The fourth-order valence-corrected chi connectivity index (χ4v) is 5.04. The summed E-state index contributed by atoms with van der Waals surface area (Å²) in [5, 5.41) is 8.69. The Morgan fingerprint density at radius 2 is 1.70 bits per heavy atom. The van der Waals surface area contributed by atoms with Crippen molar-refractivity contribution in [3.8, 4) is 0 Å². The molecule has 1 aromatic carbocycles. The van der Waals surface area contributed by atoms with Crippen LogP contribution in [0.3, 0.4) is 0 Å². The van der Waals surface area contributed by atoms with E-state index < -0.39 is 12.1 Å². The molecule has 5 atom stereocenters. The van der Waals surface area contributed by atoms with Crippen molar-refractivity contribution in [1.29, 1.82) is 0 Å². The lowest BCUT2D eigenvalue weighted by Gasteiger charge is -2.27. The Kier molecular flexibility index (Phi) is 9.03. The summed E-state index contributed by atoms with van der Waals surface area (Å²) in [5.74, 6) is -0.697. The molecule has 0 bridgehead atoms. The molecule has 2 heterocycles. The number of carbonyl (C=O) groups excluding carboxylic acids is 4. The van der Waals surface area contributed by atoms with Gasteiger partial charge in [-0.1, -0.05) is 57.0 Å². The molecule has 1 aromatic rings. The summed E-state index contributed by atoms with van der Waals surface area (Å²) in [5.41, 5.74) is 1.09. The quantitative estimate of drug-likeness (QED) is 0.593. The van der Waals surface area contributed by atoms with E-state index in [9.17, 15) is 19.2 Å². The Morgan fingerprint density at radius 1 is 0.970 bits per heavy atom. The first-order valence-electron chi connectivity index (χ1n) is 12.2. The van der Waals surface area contributed by atoms with Crippen LogP contribution in [0.15, 0.2) is 30.3 Å². The highest BCUT2D eigenvalue weighted by atomic mass is 16.2. The molecule has 2 aliphatic rings. The van der Waals surface area contributed by atoms with Crippen molar-refractivity contribution in [2.24, 2.45) is 23.7 Å². The maximum atomic E-state index is 13.3. The number of fused-ring (bicyclic) bond motifs is 1. The topological polar surface area (TPSA) is 104 Å². The van der Waals surface area contributed by atoms with Crippen LogP contribution in [0.2, 0.25) is 0 Å². The first-order chi connectivity index (χ1) is 15.9. The summed E-state index contributed by atoms with van der Waals surface area (Å²) in [6.07, 6.45) is 5.48. The molecule has 3 amide bonds. The number of aldehydes is 1. The molecule has 3 rings (SSSR count). The summed E-state index contributed by atoms with van der Waals surface area (Å²) in [4.78, 5) is 50.5. The summed E-state index contributed by atoms with van der Waals surface area (Å²) in [6, 6.07) is 8.47. The predicted molar refractivity (Wildman–Crippen MR) is 126 cm³/mol. The van der Waals surface area contributed by atoms with Crippen LogP contribution in [0, 0.1) is 23.7 Å². The third-order valence-corrected chi connectivity index (χ3v) is 6.86. The van der Waals surface area contributed by atoms with Gasteiger partial charge >= 0.3 is 0 Å². The molecule has 0 unspecified atom stereocenters. The number of benzene rings is 1. The number of hydrogen-bond acceptors (Lipinski definition) is 4. The van der Waals surface area contributed by atoms with Crippen molar-refractivity contribution >= 4 is 24.0 Å². The molecule has 7 heteroatoms. The summed E-state index contributed by atoms with van der Waals surface area (Å²) >= 11 is 0. The molecular weight excluding hydrogens is 418 g/mol. The van der Waals surface area contributed by atoms with Gasteiger partial charge in [0.2, 0.25) is 17.7 Å². The lowest BCUT2D eigenvalue weighted by Crippen LogP contribution is -2.52. The third-order valence-electron chi connectivity index (χ3n) is 6.86. The molecule has 0 radical (unpaired) electrons. The van der Waals surface area contributed by atoms with E-state index >= 15 is 0 Å². The van der Waals surface area contributed by atoms with E-state index in [4.69, 9.17) is 0 Å². The van der Waals surface area contributed by atoms with Crippen LogP contribution >= 0.6 is 0 Å². The average molecular weight is 456 g/mol. The second-order valence-electron chi connectivity index (χ2n) is 9.96. The molecule has 3 N–H and O–H groups in total. The minimum atomic E-state index is -0.747. The van der Waals surface area contributed by atoms with Crippen molar-refractivity contribution in [2.75, 3.05) is 6.54 Å². The number of carbonyl (C=O) groups is 4. The number of amides is 3. The van der Waals surface area contributed by atoms with Gasteiger partial charge < -0.3 is 20.7 Å². The number of rotatable bonds is 5. The van der Waals surface area contributed by atoms with Gasteiger partial charge in [0, 0.05) is 18.4 Å². The van der Waals surface area contributed by atoms with E-state index in [1.54, 1.807) is 0 Å². The molecule has 2 fully saturated rings. The van der Waals surface area contributed by atoms with Crippen molar-refractivity contribution in [2.45, 2.75) is 70.9 Å². The minimum absolute atomic E-state index is 0.0396. The Bertz CT molecular complexity index is 826. The van der Waals surface area contributed by atoms with Gasteiger partial charge in [-0.2, -0.15) is 0 Å². The van der Waals surface area contributed by atoms with Crippen LogP contribution in [-0.4, -0.2) is 42.6 Å². The largest absolute Gasteiger partial charge is 0.356 e. The lowest BCUT2D eigenvalue weighted by molar-refractivity contribution is -0.132. The van der Waals surface area contributed by atoms with Crippen LogP contribution in [0.4, 0.5) is 0 Å². The first kappa shape index (κ1) is 24.9. The van der Waals surface area contributed by atoms with Crippen molar-refractivity contribution in [1.82, 2.24) is 16.0 Å². The van der Waals surface area contributed by atoms with Gasteiger partial charge in [-0.15, -0.1) is 0 Å². The smallest absolute Gasteiger partial charge is 0.243 e. The Hall–Kier alpha value is -2.70. The molecule has 0 saturated carbocycles. The van der Waals surface area contributed by atoms with Crippen LogP contribution < -0.4 is 16.0 Å². The molecule has 2 saturated heterocycles. The minimum Gasteiger partial charge on any atom is -0.356 e. The Morgan fingerprint density at radius 3 is 2.39 bits per heavy atom. The second kappa shape index (κ2) is 12.0. The van der Waals surface area contributed by atoms with E-state index in [2.05, 4.69) is 16.0 Å². The molecule has 0 aliphatic carbocycles. The third kappa shape index (κ3) is 7.14. The van der Waals surface area contributed by atoms with E-state index in [1.807, 2.05) is 44.2 Å². The van der Waals surface area contributed by atoms with Gasteiger partial charge in [0.05, 0.1) is 6.04 Å². The van der Waals surface area contributed by atoms with Crippen LogP contribution in [0.1, 0.15) is 57.9 Å². The predicted octanol–water partition coefficient (Wildman–Crippen LogP) is 2.39. The summed E-state index contributed by atoms with van der Waals surface area (Å²) < 4.78 is 0. The van der Waals surface area contributed by atoms with Crippen molar-refractivity contribution < 1.29 is 19.2 Å². The highest BCUT2D eigenvalue weighted by Gasteiger charge is 2.37. The number of hydrogen-bond donors (Lipinski definition) is 3. The van der Waals surface area contributed by atoms with Crippen LogP contribution in [0.5, 0.6) is 0 Å². The maximum absolute atomic E-state index is 13.3. The molecule has 0 spiro atoms. The van der Waals surface area contributed by atoms with Gasteiger partial charge in [-0.3, -0.25) is 14.4 Å². The van der Waals surface area contributed by atoms with E-state index in [0.29, 0.717) is 32.1 Å². The molecule has 180 valence electrons. The van der Waals surface area contributed by atoms with Gasteiger partial charge in [0.15, 0.2) is 0 Å². The SMILES string of the molecule is CC(C)C[C@@H]1NC(=O)[C@@H](Cc2ccccc2)CCCC[C@H]2CNC(=O)[C@H]2C[C@@H](C=O)NC1=O. The van der Waals surface area contributed by atoms with Crippen molar-refractivity contribution in [3.05, 3.63) is 35.9 Å². The first-order valence-corrected chi connectivity index (χ1v) is 12.2. The molecule has 0 aromatic heterocycles. The molecule has 7 nitrogen and oxygen atoms in total. The van der Waals surface area contributed by atoms with Gasteiger partial charge in [-0.05, 0) is 49.5 Å². The van der Waals surface area contributed by atoms with Gasteiger partial charge in [0.1, 0.15) is 12.3 Å². The molecule has 33 heavy (non-hydrogen) atoms. The Balaban J connectivity index is 1.82. The molecular formula is C26H37N3O4. The summed E-state index contributed by atoms with van der Waals surface area (Å²) in [6.45, 7) is 4.60. The average Bonchev–Trinajstić information content (AvgIpc) is 3.13. The van der Waals surface area contributed by atoms with Crippen LogP contribution in [0.25, 0.3) is 0 Å². The second-order valence-corrected chi connectivity index (χ2v) is 9.96. The standard InChI is InChI=1S/C26H37N3O4/c1-17(2)12-23-26(33)28-21(16-30)14-22-20(15-27-25(22)32)11-7-6-10-19(24(31)29-23)13-18-8-4-3-5-9-18/h3-5,8-9,16-17,19-23H,6-7,10-15H2,1-2H3,(H,27,32)(H,28,33)(H,29,31)/t19-,20+,21+,22+,23+/m1/s1. The monoisotopic (exact) mass is 455 g/mol. The number of nitrogens with one attached hydrogen (secondary N) is 3. The van der Waals surface area contributed by atoms with E-state index in [1.165, 1.54) is 0 Å². The zero-order chi connectivity index (χ0) is 23.8. The highest BCUT2D eigenvalue weighted by molar-refractivity contribution is 5.90. The molecule has 2 aliphatic heterocycles. The zero-order valence-corrected chi connectivity index (χ0v) is 19.7. The highest BCUT2D eigenvalue weighted by Crippen LogP contribution is 2.29. The lowest BCUT2D eigenvalue weighted by atomic mass is 9.84. The maximum Gasteiger partial charge on any atom is 0.243 e. The van der Waals surface area contributed by atoms with Crippen molar-refractivity contribution in [3.63, 3.8) is 0 Å². The van der Waals surface area contributed by atoms with Gasteiger partial charge in [0.25, 0.3) is 0 Å². The van der Waals surface area contributed by atoms with E-state index in [-0.39, 0.29) is 41.4 Å². The van der Waals surface area contributed by atoms with Gasteiger partial charge in [-0.25, -0.2) is 0 Å². The normalized spacial score (nSPS) is 29.4. The summed E-state index contributed by atoms with van der Waals surface area (Å²) in [7, 11) is 0. The zero-order valence-electron chi connectivity index (χ0n) is 19.7. The fraction of sp³-hybridized carbons (Fsp3) is 0.615. The Labute approximate surface area is 196 Å². The van der Waals surface area contributed by atoms with E-state index in [0.717, 1.165) is 31.2 Å². The fourth-order valence-electron chi connectivity index (χ4n) is 5.04.